The van der Waals surface area contributed by atoms with E-state index in [1.807, 2.05) is 6.92 Å². The molecular formula is C13H23N3O5S. The molecule has 5 atom stereocenters. The lowest BCUT2D eigenvalue weighted by molar-refractivity contribution is -0.155. The van der Waals surface area contributed by atoms with Crippen LogP contribution in [0.5, 0.6) is 0 Å². The highest BCUT2D eigenvalue weighted by molar-refractivity contribution is 8.14. The number of amides is 1. The van der Waals surface area contributed by atoms with Crippen molar-refractivity contribution in [2.24, 2.45) is 4.99 Å². The number of nitrogens with zero attached hydrogens (tertiary/aromatic N) is 2. The van der Waals surface area contributed by atoms with Gasteiger partial charge in [0.1, 0.15) is 23.7 Å². The Bertz CT molecular complexity index is 436. The number of fused-ring (bicyclic) bond motifs is 1. The van der Waals surface area contributed by atoms with Crippen LogP contribution >= 0.6 is 11.8 Å². The number of nitrogens with one attached hydrogen (secondary N) is 1. The van der Waals surface area contributed by atoms with E-state index in [4.69, 9.17) is 9.84 Å². The molecule has 8 nitrogen and oxygen atoms in total. The van der Waals surface area contributed by atoms with Crippen molar-refractivity contribution >= 4 is 23.0 Å². The number of carbonyl (C=O) groups is 1. The van der Waals surface area contributed by atoms with Crippen molar-refractivity contribution in [1.29, 1.82) is 0 Å². The SMILES string of the molecule is CCCNC1=N[C@@H]2[C@@H](O)[C@H](O)[C@@H](CCN(C)C(=O)O)O[C@@H]2S1. The number of thioether (sulfide) groups is 1. The van der Waals surface area contributed by atoms with E-state index in [9.17, 15) is 15.0 Å². The first kappa shape index (κ1) is 17.3. The predicted molar refractivity (Wildman–Crippen MR) is 83.1 cm³/mol. The fourth-order valence-corrected chi connectivity index (χ4v) is 3.55. The fraction of sp³-hybridized carbons (Fsp3) is 0.846. The van der Waals surface area contributed by atoms with E-state index in [2.05, 4.69) is 10.3 Å². The van der Waals surface area contributed by atoms with Gasteiger partial charge >= 0.3 is 6.09 Å². The summed E-state index contributed by atoms with van der Waals surface area (Å²) >= 11 is 1.40. The fourth-order valence-electron chi connectivity index (χ4n) is 2.40. The zero-order chi connectivity index (χ0) is 16.3. The lowest BCUT2D eigenvalue weighted by Gasteiger charge is -2.38. The van der Waals surface area contributed by atoms with Crippen LogP contribution < -0.4 is 5.32 Å². The predicted octanol–water partition coefficient (Wildman–Crippen LogP) is -0.0960. The summed E-state index contributed by atoms with van der Waals surface area (Å²) in [7, 11) is 1.46. The van der Waals surface area contributed by atoms with E-state index in [0.29, 0.717) is 11.6 Å². The number of rotatable bonds is 5. The maximum atomic E-state index is 10.8. The Morgan fingerprint density at radius 2 is 2.18 bits per heavy atom. The molecule has 1 amide bonds. The Hall–Kier alpha value is -1.03. The van der Waals surface area contributed by atoms with Gasteiger partial charge in [0.25, 0.3) is 0 Å². The molecule has 126 valence electrons. The highest BCUT2D eigenvalue weighted by atomic mass is 32.2. The molecule has 1 saturated heterocycles. The van der Waals surface area contributed by atoms with Crippen LogP contribution in [-0.4, -0.2) is 81.4 Å². The molecule has 2 rings (SSSR count). The Morgan fingerprint density at radius 3 is 2.82 bits per heavy atom. The van der Waals surface area contributed by atoms with Crippen molar-refractivity contribution in [3.8, 4) is 0 Å². The van der Waals surface area contributed by atoms with E-state index in [1.54, 1.807) is 0 Å². The van der Waals surface area contributed by atoms with Crippen LogP contribution in [-0.2, 0) is 4.74 Å². The minimum Gasteiger partial charge on any atom is -0.465 e. The molecule has 0 spiro atoms. The minimum absolute atomic E-state index is 0.230. The van der Waals surface area contributed by atoms with Gasteiger partial charge in [-0.05, 0) is 12.8 Å². The zero-order valence-corrected chi connectivity index (χ0v) is 13.5. The third-order valence-corrected chi connectivity index (χ3v) is 4.86. The van der Waals surface area contributed by atoms with Crippen molar-refractivity contribution in [3.63, 3.8) is 0 Å². The molecule has 22 heavy (non-hydrogen) atoms. The van der Waals surface area contributed by atoms with E-state index in [-0.39, 0.29) is 12.0 Å². The number of amidine groups is 1. The van der Waals surface area contributed by atoms with Crippen LogP contribution in [0, 0.1) is 0 Å². The lowest BCUT2D eigenvalue weighted by atomic mass is 9.96. The van der Waals surface area contributed by atoms with Gasteiger partial charge in [-0.25, -0.2) is 4.79 Å². The van der Waals surface area contributed by atoms with Gasteiger partial charge in [-0.15, -0.1) is 0 Å². The molecular weight excluding hydrogens is 310 g/mol. The summed E-state index contributed by atoms with van der Waals surface area (Å²) in [6.07, 6.45) is -2.43. The van der Waals surface area contributed by atoms with Crippen LogP contribution in [0.15, 0.2) is 4.99 Å². The van der Waals surface area contributed by atoms with Gasteiger partial charge < -0.3 is 30.3 Å². The van der Waals surface area contributed by atoms with Crippen molar-refractivity contribution < 1.29 is 24.9 Å². The monoisotopic (exact) mass is 333 g/mol. The molecule has 0 radical (unpaired) electrons. The van der Waals surface area contributed by atoms with Gasteiger partial charge in [-0.1, -0.05) is 18.7 Å². The maximum absolute atomic E-state index is 10.8. The summed E-state index contributed by atoms with van der Waals surface area (Å²) in [5.74, 6) is 0. The van der Waals surface area contributed by atoms with Crippen molar-refractivity contribution in [3.05, 3.63) is 0 Å². The summed E-state index contributed by atoms with van der Waals surface area (Å²) in [6, 6.07) is -0.493. The first-order chi connectivity index (χ1) is 10.4. The zero-order valence-electron chi connectivity index (χ0n) is 12.7. The summed E-state index contributed by atoms with van der Waals surface area (Å²) in [5, 5.41) is 33.1. The molecule has 0 aromatic heterocycles. The molecule has 0 aromatic rings. The highest BCUT2D eigenvalue weighted by Crippen LogP contribution is 2.36. The second kappa shape index (κ2) is 7.49. The van der Waals surface area contributed by atoms with Gasteiger partial charge in [0, 0.05) is 20.1 Å². The topological polar surface area (TPSA) is 115 Å². The highest BCUT2D eigenvalue weighted by Gasteiger charge is 2.48. The molecule has 0 saturated carbocycles. The first-order valence-corrected chi connectivity index (χ1v) is 8.26. The van der Waals surface area contributed by atoms with Crippen molar-refractivity contribution in [2.75, 3.05) is 20.1 Å². The Kier molecular flexibility index (Phi) is 5.90. The number of aliphatic hydroxyl groups is 2. The van der Waals surface area contributed by atoms with Gasteiger partial charge in [-0.2, -0.15) is 0 Å². The Morgan fingerprint density at radius 1 is 1.45 bits per heavy atom. The standard InChI is InChI=1S/C13H23N3O5S/c1-3-5-14-12-15-8-10(18)9(17)7(21-11(8)22-12)4-6-16(2)13(19)20/h7-11,17-18H,3-6H2,1-2H3,(H,14,15)(H,19,20)/t7-,8-,9-,10-,11-/m1/s1. The van der Waals surface area contributed by atoms with Crippen LogP contribution in [0.25, 0.3) is 0 Å². The minimum atomic E-state index is -1.07. The average Bonchev–Trinajstić information content (AvgIpc) is 2.90. The van der Waals surface area contributed by atoms with E-state index < -0.39 is 30.4 Å². The largest absolute Gasteiger partial charge is 0.465 e. The molecule has 9 heteroatoms. The molecule has 2 aliphatic rings. The molecule has 4 N–H and O–H groups in total. The molecule has 0 aliphatic carbocycles. The number of ether oxygens (including phenoxy) is 1. The third-order valence-electron chi connectivity index (χ3n) is 3.76. The second-order valence-electron chi connectivity index (χ2n) is 5.49. The number of hydrogen-bond donors (Lipinski definition) is 4. The molecule has 0 aromatic carbocycles. The van der Waals surface area contributed by atoms with E-state index >= 15 is 0 Å². The normalized spacial score (nSPS) is 34.0. The first-order valence-electron chi connectivity index (χ1n) is 7.38. The second-order valence-corrected chi connectivity index (χ2v) is 6.57. The van der Waals surface area contributed by atoms with Crippen LogP contribution in [0.4, 0.5) is 4.79 Å². The average molecular weight is 333 g/mol. The summed E-state index contributed by atoms with van der Waals surface area (Å²) in [6.45, 7) is 3.06. The number of hydrogen-bond acceptors (Lipinski definition) is 7. The Labute approximate surface area is 133 Å². The van der Waals surface area contributed by atoms with Crippen LogP contribution in [0.2, 0.25) is 0 Å². The van der Waals surface area contributed by atoms with Crippen molar-refractivity contribution in [1.82, 2.24) is 10.2 Å². The molecule has 0 bridgehead atoms. The quantitative estimate of drug-likeness (QED) is 0.555. The molecule has 1 fully saturated rings. The smallest absolute Gasteiger partial charge is 0.407 e. The van der Waals surface area contributed by atoms with Gasteiger partial charge in [0.15, 0.2) is 5.17 Å². The van der Waals surface area contributed by atoms with Gasteiger partial charge in [0.2, 0.25) is 0 Å². The van der Waals surface area contributed by atoms with E-state index in [0.717, 1.165) is 17.9 Å². The summed E-state index contributed by atoms with van der Waals surface area (Å²) in [4.78, 5) is 16.3. The van der Waals surface area contributed by atoms with Gasteiger partial charge in [0.05, 0.1) is 6.10 Å². The maximum Gasteiger partial charge on any atom is 0.407 e. The lowest BCUT2D eigenvalue weighted by Crippen LogP contribution is -2.55. The summed E-state index contributed by atoms with van der Waals surface area (Å²) < 4.78 is 5.81. The van der Waals surface area contributed by atoms with E-state index in [1.165, 1.54) is 18.8 Å². The summed E-state index contributed by atoms with van der Waals surface area (Å²) in [5.41, 5.74) is -0.349. The molecule has 0 unspecified atom stereocenters. The van der Waals surface area contributed by atoms with Crippen molar-refractivity contribution in [2.45, 2.75) is 49.6 Å². The molecule has 2 aliphatic heterocycles. The van der Waals surface area contributed by atoms with Crippen LogP contribution in [0.3, 0.4) is 0 Å². The molecule has 2 heterocycles. The Balaban J connectivity index is 1.92. The van der Waals surface area contributed by atoms with Gasteiger partial charge in [-0.3, -0.25) is 4.99 Å². The third kappa shape index (κ3) is 3.83. The number of aliphatic hydroxyl groups excluding tert-OH is 2. The van der Waals surface area contributed by atoms with Crippen LogP contribution in [0.1, 0.15) is 19.8 Å². The number of aliphatic imine (C=N–C) groups is 1. The number of carboxylic acid groups (broad SMARTS) is 1.